The van der Waals surface area contributed by atoms with Gasteiger partial charge in [-0.2, -0.15) is 0 Å². The second kappa shape index (κ2) is 8.26. The van der Waals surface area contributed by atoms with Crippen molar-refractivity contribution in [3.8, 4) is 5.75 Å². The third-order valence-electron chi connectivity index (χ3n) is 3.71. The highest BCUT2D eigenvalue weighted by molar-refractivity contribution is 5.28. The van der Waals surface area contributed by atoms with Crippen molar-refractivity contribution in [1.82, 2.24) is 15.5 Å². The van der Waals surface area contributed by atoms with E-state index in [0.717, 1.165) is 18.7 Å². The fraction of sp³-hybridized carbons (Fsp3) is 0.263. The van der Waals surface area contributed by atoms with Crippen LogP contribution in [0.2, 0.25) is 0 Å². The van der Waals surface area contributed by atoms with Crippen molar-refractivity contribution in [3.63, 3.8) is 0 Å². The van der Waals surface area contributed by atoms with Crippen LogP contribution < -0.4 is 10.1 Å². The average molecular weight is 323 g/mol. The van der Waals surface area contributed by atoms with E-state index in [9.17, 15) is 0 Å². The lowest BCUT2D eigenvalue weighted by molar-refractivity contribution is 0.414. The van der Waals surface area contributed by atoms with Gasteiger partial charge in [0.05, 0.1) is 20.1 Å². The molecule has 1 heterocycles. The van der Waals surface area contributed by atoms with Crippen LogP contribution >= 0.6 is 0 Å². The van der Waals surface area contributed by atoms with Crippen LogP contribution in [0.15, 0.2) is 59.0 Å². The number of nitrogens with zero attached hydrogens (tertiary/aromatic N) is 2. The molecule has 0 spiro atoms. The molecule has 5 heteroatoms. The zero-order valence-corrected chi connectivity index (χ0v) is 13.7. The lowest BCUT2D eigenvalue weighted by atomic mass is 10.1. The van der Waals surface area contributed by atoms with E-state index < -0.39 is 0 Å². The third-order valence-corrected chi connectivity index (χ3v) is 3.71. The van der Waals surface area contributed by atoms with Crippen molar-refractivity contribution in [2.75, 3.05) is 13.7 Å². The van der Waals surface area contributed by atoms with Crippen molar-refractivity contribution in [2.24, 2.45) is 0 Å². The Morgan fingerprint density at radius 2 is 1.75 bits per heavy atom. The molecule has 0 unspecified atom stereocenters. The van der Waals surface area contributed by atoms with E-state index >= 15 is 0 Å². The summed E-state index contributed by atoms with van der Waals surface area (Å²) in [6.07, 6.45) is 1.58. The number of hydrogen-bond donors (Lipinski definition) is 1. The molecule has 0 atom stereocenters. The Labute approximate surface area is 141 Å². The minimum absolute atomic E-state index is 0.575. The van der Waals surface area contributed by atoms with Crippen LogP contribution in [0.4, 0.5) is 0 Å². The molecule has 0 amide bonds. The second-order valence-electron chi connectivity index (χ2n) is 5.53. The van der Waals surface area contributed by atoms with Gasteiger partial charge in [0, 0.05) is 0 Å². The summed E-state index contributed by atoms with van der Waals surface area (Å²) in [6.45, 7) is 1.41. The summed E-state index contributed by atoms with van der Waals surface area (Å²) in [5, 5.41) is 11.5. The molecule has 3 rings (SSSR count). The molecule has 0 saturated heterocycles. The highest BCUT2D eigenvalue weighted by Crippen LogP contribution is 2.12. The molecule has 124 valence electrons. The molecule has 1 aromatic heterocycles. The van der Waals surface area contributed by atoms with Gasteiger partial charge in [-0.05, 0) is 36.2 Å². The number of aromatic nitrogens is 2. The maximum absolute atomic E-state index is 5.67. The first-order chi connectivity index (χ1) is 11.8. The molecule has 3 aromatic rings. The van der Waals surface area contributed by atoms with Crippen LogP contribution in [-0.4, -0.2) is 23.9 Å². The lowest BCUT2D eigenvalue weighted by Gasteiger charge is -2.05. The predicted octanol–water partition coefficient (Wildman–Crippen LogP) is 3.00. The molecular formula is C19H21N3O2. The molecular weight excluding hydrogens is 302 g/mol. The Balaban J connectivity index is 1.44. The highest BCUT2D eigenvalue weighted by atomic mass is 16.5. The summed E-state index contributed by atoms with van der Waals surface area (Å²) < 4.78 is 10.9. The van der Waals surface area contributed by atoms with E-state index in [0.29, 0.717) is 24.7 Å². The summed E-state index contributed by atoms with van der Waals surface area (Å²) >= 11 is 0. The summed E-state index contributed by atoms with van der Waals surface area (Å²) in [4.78, 5) is 0. The fourth-order valence-corrected chi connectivity index (χ4v) is 2.46. The first-order valence-corrected chi connectivity index (χ1v) is 8.02. The number of methoxy groups -OCH3 is 1. The maximum Gasteiger partial charge on any atom is 0.230 e. The molecule has 0 bridgehead atoms. The topological polar surface area (TPSA) is 60.2 Å². The summed E-state index contributed by atoms with van der Waals surface area (Å²) in [5.41, 5.74) is 2.40. The SMILES string of the molecule is COc1cccc(CCNCc2nnc(Cc3ccccc3)o2)c1. The molecule has 0 aliphatic heterocycles. The van der Waals surface area contributed by atoms with Gasteiger partial charge in [-0.25, -0.2) is 0 Å². The lowest BCUT2D eigenvalue weighted by Crippen LogP contribution is -2.16. The maximum atomic E-state index is 5.67. The van der Waals surface area contributed by atoms with E-state index in [1.807, 2.05) is 36.4 Å². The Morgan fingerprint density at radius 1 is 0.958 bits per heavy atom. The van der Waals surface area contributed by atoms with Gasteiger partial charge in [0.15, 0.2) is 0 Å². The van der Waals surface area contributed by atoms with Crippen molar-refractivity contribution in [2.45, 2.75) is 19.4 Å². The monoisotopic (exact) mass is 323 g/mol. The van der Waals surface area contributed by atoms with Crippen LogP contribution in [0.1, 0.15) is 22.9 Å². The van der Waals surface area contributed by atoms with E-state index in [1.165, 1.54) is 11.1 Å². The molecule has 0 aliphatic rings. The van der Waals surface area contributed by atoms with Crippen LogP contribution in [0.3, 0.4) is 0 Å². The van der Waals surface area contributed by atoms with Gasteiger partial charge in [0.25, 0.3) is 0 Å². The molecule has 1 N–H and O–H groups in total. The molecule has 24 heavy (non-hydrogen) atoms. The number of benzene rings is 2. The van der Waals surface area contributed by atoms with Crippen LogP contribution in [-0.2, 0) is 19.4 Å². The van der Waals surface area contributed by atoms with Gasteiger partial charge >= 0.3 is 0 Å². The van der Waals surface area contributed by atoms with Gasteiger partial charge in [-0.1, -0.05) is 42.5 Å². The van der Waals surface area contributed by atoms with Crippen molar-refractivity contribution in [1.29, 1.82) is 0 Å². The van der Waals surface area contributed by atoms with Crippen LogP contribution in [0.25, 0.3) is 0 Å². The quantitative estimate of drug-likeness (QED) is 0.646. The Bertz CT molecular complexity index is 756. The minimum Gasteiger partial charge on any atom is -0.497 e. The summed E-state index contributed by atoms with van der Waals surface area (Å²) in [7, 11) is 1.68. The Morgan fingerprint density at radius 3 is 2.58 bits per heavy atom. The van der Waals surface area contributed by atoms with Gasteiger partial charge in [-0.3, -0.25) is 0 Å². The number of hydrogen-bond acceptors (Lipinski definition) is 5. The highest BCUT2D eigenvalue weighted by Gasteiger charge is 2.06. The zero-order valence-electron chi connectivity index (χ0n) is 13.7. The summed E-state index contributed by atoms with van der Waals surface area (Å²) in [5.74, 6) is 2.15. The van der Waals surface area contributed by atoms with Gasteiger partial charge in [0.2, 0.25) is 11.8 Å². The van der Waals surface area contributed by atoms with E-state index in [-0.39, 0.29) is 0 Å². The first-order valence-electron chi connectivity index (χ1n) is 8.02. The Hall–Kier alpha value is -2.66. The van der Waals surface area contributed by atoms with Gasteiger partial charge in [-0.15, -0.1) is 10.2 Å². The third kappa shape index (κ3) is 4.67. The van der Waals surface area contributed by atoms with E-state index in [2.05, 4.69) is 33.7 Å². The second-order valence-corrected chi connectivity index (χ2v) is 5.53. The number of nitrogens with one attached hydrogen (secondary N) is 1. The minimum atomic E-state index is 0.575. The molecule has 0 aliphatic carbocycles. The largest absolute Gasteiger partial charge is 0.497 e. The first kappa shape index (κ1) is 16.2. The van der Waals surface area contributed by atoms with Crippen LogP contribution in [0, 0.1) is 0 Å². The fourth-order valence-electron chi connectivity index (χ4n) is 2.46. The predicted molar refractivity (Wildman–Crippen MR) is 92.0 cm³/mol. The molecule has 2 aromatic carbocycles. The average Bonchev–Trinajstić information content (AvgIpc) is 3.07. The standard InChI is InChI=1S/C19H21N3O2/c1-23-17-9-5-8-16(12-17)10-11-20-14-19-22-21-18(24-19)13-15-6-3-2-4-7-15/h2-9,12,20H,10-11,13-14H2,1H3. The Kier molecular flexibility index (Phi) is 5.58. The molecule has 5 nitrogen and oxygen atoms in total. The van der Waals surface area contributed by atoms with E-state index in [4.69, 9.17) is 9.15 Å². The normalized spacial score (nSPS) is 10.7. The van der Waals surface area contributed by atoms with Crippen molar-refractivity contribution >= 4 is 0 Å². The van der Waals surface area contributed by atoms with E-state index in [1.54, 1.807) is 7.11 Å². The zero-order chi connectivity index (χ0) is 16.6. The van der Waals surface area contributed by atoms with Gasteiger partial charge < -0.3 is 14.5 Å². The molecule has 0 radical (unpaired) electrons. The van der Waals surface area contributed by atoms with Crippen molar-refractivity contribution < 1.29 is 9.15 Å². The van der Waals surface area contributed by atoms with Gasteiger partial charge in [0.1, 0.15) is 5.75 Å². The summed E-state index contributed by atoms with van der Waals surface area (Å²) in [6, 6.07) is 18.2. The number of rotatable bonds is 8. The molecule has 0 fully saturated rings. The van der Waals surface area contributed by atoms with Crippen LogP contribution in [0.5, 0.6) is 5.75 Å². The molecule has 0 saturated carbocycles. The smallest absolute Gasteiger partial charge is 0.230 e. The van der Waals surface area contributed by atoms with Crippen molar-refractivity contribution in [3.05, 3.63) is 77.5 Å². The number of ether oxygens (including phenoxy) is 1.